The van der Waals surface area contributed by atoms with E-state index in [0.29, 0.717) is 12.1 Å². The van der Waals surface area contributed by atoms with Gasteiger partial charge in [-0.25, -0.2) is 4.79 Å². The second-order valence-corrected chi connectivity index (χ2v) is 5.60. The molecule has 1 amide bonds. The number of ether oxygens (including phenoxy) is 1. The van der Waals surface area contributed by atoms with E-state index in [4.69, 9.17) is 4.74 Å². The highest BCUT2D eigenvalue weighted by Crippen LogP contribution is 2.15. The lowest BCUT2D eigenvalue weighted by Gasteiger charge is -2.31. The maximum Gasteiger partial charge on any atom is 0.351 e. The highest BCUT2D eigenvalue weighted by molar-refractivity contribution is 6.03. The number of rotatable bonds is 4. The third-order valence-corrected chi connectivity index (χ3v) is 3.91. The molecule has 1 aliphatic rings. The highest BCUT2D eigenvalue weighted by Gasteiger charge is 2.23. The maximum absolute atomic E-state index is 12.2. The molecule has 24 heavy (non-hydrogen) atoms. The van der Waals surface area contributed by atoms with Crippen molar-refractivity contribution in [3.05, 3.63) is 58.6 Å². The Hall–Kier alpha value is -2.51. The van der Waals surface area contributed by atoms with E-state index in [1.807, 2.05) is 13.0 Å². The summed E-state index contributed by atoms with van der Waals surface area (Å²) in [6, 6.07) is 10.4. The van der Waals surface area contributed by atoms with Crippen LogP contribution in [0.4, 0.5) is 5.82 Å². The van der Waals surface area contributed by atoms with E-state index in [-0.39, 0.29) is 24.1 Å². The number of aromatic nitrogens is 2. The zero-order valence-corrected chi connectivity index (χ0v) is 13.4. The average molecular weight is 328 g/mol. The van der Waals surface area contributed by atoms with Crippen LogP contribution in [0.25, 0.3) is 0 Å². The number of hydrogen-bond donors (Lipinski definition) is 2. The molecule has 7 heteroatoms. The SMILES string of the molecule is CC[C@@H]1CNC[C@H](n2ccc(NC(=O)c3ccccc3)nc2=O)O1. The fourth-order valence-corrected chi connectivity index (χ4v) is 2.57. The molecule has 1 saturated heterocycles. The quantitative estimate of drug-likeness (QED) is 0.886. The van der Waals surface area contributed by atoms with Crippen molar-refractivity contribution in [1.29, 1.82) is 0 Å². The maximum atomic E-state index is 12.2. The molecule has 2 atom stereocenters. The van der Waals surface area contributed by atoms with Crippen molar-refractivity contribution in [2.45, 2.75) is 25.7 Å². The molecule has 0 spiro atoms. The monoisotopic (exact) mass is 328 g/mol. The Morgan fingerprint density at radius 2 is 2.12 bits per heavy atom. The van der Waals surface area contributed by atoms with Gasteiger partial charge in [-0.1, -0.05) is 25.1 Å². The first-order valence-corrected chi connectivity index (χ1v) is 7.99. The van der Waals surface area contributed by atoms with Crippen LogP contribution in [0.15, 0.2) is 47.4 Å². The third-order valence-electron chi connectivity index (χ3n) is 3.91. The molecule has 2 aromatic rings. The van der Waals surface area contributed by atoms with Crippen molar-refractivity contribution in [3.63, 3.8) is 0 Å². The topological polar surface area (TPSA) is 85.3 Å². The molecule has 3 rings (SSSR count). The van der Waals surface area contributed by atoms with Crippen molar-refractivity contribution >= 4 is 11.7 Å². The van der Waals surface area contributed by atoms with Crippen LogP contribution >= 0.6 is 0 Å². The van der Waals surface area contributed by atoms with Crippen LogP contribution in [-0.2, 0) is 4.74 Å². The van der Waals surface area contributed by atoms with Gasteiger partial charge in [-0.2, -0.15) is 4.98 Å². The third kappa shape index (κ3) is 3.69. The van der Waals surface area contributed by atoms with Gasteiger partial charge in [0.25, 0.3) is 5.91 Å². The van der Waals surface area contributed by atoms with Gasteiger partial charge in [-0.3, -0.25) is 9.36 Å². The molecule has 0 bridgehead atoms. The molecular weight excluding hydrogens is 308 g/mol. The first-order valence-electron chi connectivity index (χ1n) is 7.99. The summed E-state index contributed by atoms with van der Waals surface area (Å²) < 4.78 is 7.30. The lowest BCUT2D eigenvalue weighted by molar-refractivity contribution is -0.0798. The minimum Gasteiger partial charge on any atom is -0.352 e. The van der Waals surface area contributed by atoms with Gasteiger partial charge in [0.05, 0.1) is 6.10 Å². The van der Waals surface area contributed by atoms with Gasteiger partial charge in [0, 0.05) is 24.8 Å². The van der Waals surface area contributed by atoms with E-state index >= 15 is 0 Å². The summed E-state index contributed by atoms with van der Waals surface area (Å²) in [7, 11) is 0. The largest absolute Gasteiger partial charge is 0.352 e. The van der Waals surface area contributed by atoms with Crippen LogP contribution in [0, 0.1) is 0 Å². The molecular formula is C17H20N4O3. The summed E-state index contributed by atoms with van der Waals surface area (Å²) >= 11 is 0. The highest BCUT2D eigenvalue weighted by atomic mass is 16.5. The number of morpholine rings is 1. The van der Waals surface area contributed by atoms with Crippen LogP contribution in [0.5, 0.6) is 0 Å². The predicted octanol–water partition coefficient (Wildman–Crippen LogP) is 1.39. The van der Waals surface area contributed by atoms with Gasteiger partial charge in [0.1, 0.15) is 5.82 Å². The second-order valence-electron chi connectivity index (χ2n) is 5.60. The van der Waals surface area contributed by atoms with Crippen molar-refractivity contribution in [1.82, 2.24) is 14.9 Å². The van der Waals surface area contributed by atoms with Gasteiger partial charge in [-0.05, 0) is 24.6 Å². The van der Waals surface area contributed by atoms with Gasteiger partial charge in [-0.15, -0.1) is 0 Å². The molecule has 0 radical (unpaired) electrons. The summed E-state index contributed by atoms with van der Waals surface area (Å²) in [5, 5.41) is 5.88. The van der Waals surface area contributed by atoms with Crippen molar-refractivity contribution < 1.29 is 9.53 Å². The molecule has 7 nitrogen and oxygen atoms in total. The van der Waals surface area contributed by atoms with E-state index in [0.717, 1.165) is 13.0 Å². The second kappa shape index (κ2) is 7.37. The number of amides is 1. The molecule has 1 aromatic heterocycles. The summed E-state index contributed by atoms with van der Waals surface area (Å²) in [6.07, 6.45) is 2.16. The number of benzene rings is 1. The number of carbonyl (C=O) groups excluding carboxylic acids is 1. The molecule has 0 unspecified atom stereocenters. The van der Waals surface area contributed by atoms with E-state index in [9.17, 15) is 9.59 Å². The molecule has 1 aliphatic heterocycles. The Morgan fingerprint density at radius 3 is 2.83 bits per heavy atom. The van der Waals surface area contributed by atoms with Gasteiger partial charge in [0.15, 0.2) is 6.23 Å². The molecule has 0 saturated carbocycles. The summed E-state index contributed by atoms with van der Waals surface area (Å²) in [6.45, 7) is 3.37. The number of hydrogen-bond acceptors (Lipinski definition) is 5. The molecule has 0 aliphatic carbocycles. The van der Waals surface area contributed by atoms with Crippen LogP contribution < -0.4 is 16.3 Å². The van der Waals surface area contributed by atoms with E-state index < -0.39 is 5.69 Å². The van der Waals surface area contributed by atoms with E-state index in [1.165, 1.54) is 4.57 Å². The normalized spacial score (nSPS) is 20.5. The van der Waals surface area contributed by atoms with E-state index in [1.54, 1.807) is 36.5 Å². The summed E-state index contributed by atoms with van der Waals surface area (Å²) in [5.41, 5.74) is 0.0542. The number of carbonyl (C=O) groups is 1. The summed E-state index contributed by atoms with van der Waals surface area (Å²) in [4.78, 5) is 28.3. The number of anilines is 1. The van der Waals surface area contributed by atoms with Crippen LogP contribution in [0.3, 0.4) is 0 Å². The molecule has 2 heterocycles. The Labute approximate surface area is 139 Å². The lowest BCUT2D eigenvalue weighted by Crippen LogP contribution is -2.45. The predicted molar refractivity (Wildman–Crippen MR) is 90.0 cm³/mol. The fraction of sp³-hybridized carbons (Fsp3) is 0.353. The Balaban J connectivity index is 1.73. The van der Waals surface area contributed by atoms with Crippen molar-refractivity contribution in [3.8, 4) is 0 Å². The van der Waals surface area contributed by atoms with Crippen molar-refractivity contribution in [2.75, 3.05) is 18.4 Å². The van der Waals surface area contributed by atoms with Crippen molar-refractivity contribution in [2.24, 2.45) is 0 Å². The number of nitrogens with zero attached hydrogens (tertiary/aromatic N) is 2. The standard InChI is InChI=1S/C17H20N4O3/c1-2-13-10-18-11-15(24-13)21-9-8-14(20-17(21)23)19-16(22)12-6-4-3-5-7-12/h3-9,13,15,18H,2,10-11H2,1H3,(H,19,20,22,23)/t13-,15-/m1/s1. The lowest BCUT2D eigenvalue weighted by atomic mass is 10.2. The fourth-order valence-electron chi connectivity index (χ4n) is 2.57. The van der Waals surface area contributed by atoms with Gasteiger partial charge < -0.3 is 15.4 Å². The van der Waals surface area contributed by atoms with Gasteiger partial charge >= 0.3 is 5.69 Å². The van der Waals surface area contributed by atoms with Crippen LogP contribution in [0.1, 0.15) is 29.9 Å². The van der Waals surface area contributed by atoms with Crippen LogP contribution in [-0.4, -0.2) is 34.7 Å². The minimum absolute atomic E-state index is 0.0770. The summed E-state index contributed by atoms with van der Waals surface area (Å²) in [5.74, 6) is -0.0807. The smallest absolute Gasteiger partial charge is 0.351 e. The van der Waals surface area contributed by atoms with E-state index in [2.05, 4.69) is 15.6 Å². The Kier molecular flexibility index (Phi) is 5.02. The minimum atomic E-state index is -0.454. The average Bonchev–Trinajstić information content (AvgIpc) is 2.62. The van der Waals surface area contributed by atoms with Gasteiger partial charge in [0.2, 0.25) is 0 Å². The Morgan fingerprint density at radius 1 is 1.33 bits per heavy atom. The first kappa shape index (κ1) is 16.4. The van der Waals surface area contributed by atoms with Crippen LogP contribution in [0.2, 0.25) is 0 Å². The molecule has 2 N–H and O–H groups in total. The molecule has 1 fully saturated rings. The molecule has 126 valence electrons. The zero-order chi connectivity index (χ0) is 16.9. The first-order chi connectivity index (χ1) is 11.7. The molecule has 1 aromatic carbocycles. The Bertz CT molecular complexity index is 760. The number of nitrogens with one attached hydrogen (secondary N) is 2. The zero-order valence-electron chi connectivity index (χ0n) is 13.4.